The maximum atomic E-state index is 3.63. The van der Waals surface area contributed by atoms with E-state index in [1.54, 1.807) is 11.3 Å². The van der Waals surface area contributed by atoms with Crippen molar-refractivity contribution in [2.45, 2.75) is 50.4 Å². The highest BCUT2D eigenvalue weighted by Gasteiger charge is 2.35. The van der Waals surface area contributed by atoms with Gasteiger partial charge in [-0.3, -0.25) is 0 Å². The van der Waals surface area contributed by atoms with Crippen LogP contribution in [0.15, 0.2) is 35.0 Å². The van der Waals surface area contributed by atoms with E-state index in [0.29, 0.717) is 0 Å². The summed E-state index contributed by atoms with van der Waals surface area (Å²) in [5, 5.41) is 4.35. The molecule has 5 heteroatoms. The average Bonchev–Trinajstić information content (AvgIpc) is 3.29. The predicted octanol–water partition coefficient (Wildman–Crippen LogP) is 7.45. The molecular formula is C22H26S3Si2. The Morgan fingerprint density at radius 1 is 0.889 bits per heavy atom. The van der Waals surface area contributed by atoms with E-state index in [4.69, 9.17) is 0 Å². The Morgan fingerprint density at radius 3 is 2.11 bits per heavy atom. The molecular weight excluding hydrogens is 417 g/mol. The highest BCUT2D eigenvalue weighted by atomic mass is 32.2. The zero-order chi connectivity index (χ0) is 19.7. The fraction of sp³-hybridized carbons (Fsp3) is 0.364. The van der Waals surface area contributed by atoms with Crippen molar-refractivity contribution in [1.82, 2.24) is 0 Å². The minimum atomic E-state index is -1.44. The monoisotopic (exact) mass is 442 g/mol. The van der Waals surface area contributed by atoms with E-state index in [0.717, 1.165) is 6.42 Å². The molecule has 0 saturated heterocycles. The van der Waals surface area contributed by atoms with Gasteiger partial charge in [-0.15, -0.1) is 33.8 Å². The Kier molecular flexibility index (Phi) is 6.01. The summed E-state index contributed by atoms with van der Waals surface area (Å²) in [4.78, 5) is 4.06. The van der Waals surface area contributed by atoms with Crippen LogP contribution in [0.1, 0.15) is 11.3 Å². The van der Waals surface area contributed by atoms with Crippen LogP contribution >= 0.6 is 34.4 Å². The third-order valence-electron chi connectivity index (χ3n) is 3.81. The van der Waals surface area contributed by atoms with Crippen LogP contribution in [0.25, 0.3) is 15.3 Å². The molecule has 0 aliphatic carbocycles. The van der Waals surface area contributed by atoms with Gasteiger partial charge in [0.1, 0.15) is 20.9 Å². The van der Waals surface area contributed by atoms with Crippen LogP contribution in [0.5, 0.6) is 0 Å². The molecule has 0 spiro atoms. The smallest absolute Gasteiger partial charge is 0.143 e. The summed E-state index contributed by atoms with van der Waals surface area (Å²) >= 11 is 5.52. The second-order valence-corrected chi connectivity index (χ2v) is 21.5. The lowest BCUT2D eigenvalue weighted by Crippen LogP contribution is -2.24. The van der Waals surface area contributed by atoms with Gasteiger partial charge in [-0.05, 0) is 22.9 Å². The van der Waals surface area contributed by atoms with Crippen molar-refractivity contribution >= 4 is 55.5 Å². The van der Waals surface area contributed by atoms with Gasteiger partial charge in [0.05, 0.1) is 0 Å². The average molecular weight is 443 g/mol. The van der Waals surface area contributed by atoms with Crippen LogP contribution in [0.2, 0.25) is 39.3 Å². The van der Waals surface area contributed by atoms with Gasteiger partial charge in [0.15, 0.2) is 0 Å². The van der Waals surface area contributed by atoms with E-state index in [2.05, 4.69) is 97.2 Å². The molecule has 0 nitrogen and oxygen atoms in total. The summed E-state index contributed by atoms with van der Waals surface area (Å²) in [6, 6.07) is 6.58. The normalized spacial score (nSPS) is 16.1. The topological polar surface area (TPSA) is 0 Å². The van der Waals surface area contributed by atoms with Crippen molar-refractivity contribution in [3.8, 4) is 33.4 Å². The number of thiophene rings is 2. The lowest BCUT2D eigenvalue weighted by molar-refractivity contribution is 0.976. The van der Waals surface area contributed by atoms with Crippen molar-refractivity contribution in [3.63, 3.8) is 0 Å². The van der Waals surface area contributed by atoms with Crippen LogP contribution in [0.4, 0.5) is 0 Å². The van der Waals surface area contributed by atoms with Gasteiger partial charge in [0.25, 0.3) is 0 Å². The molecule has 3 rings (SSSR count). The fourth-order valence-corrected chi connectivity index (χ4v) is 6.94. The molecule has 2 aromatic rings. The van der Waals surface area contributed by atoms with Gasteiger partial charge >= 0.3 is 0 Å². The zero-order valence-corrected chi connectivity index (χ0v) is 21.3. The number of thioether (sulfide) groups is 1. The highest BCUT2D eigenvalue weighted by Crippen LogP contribution is 2.50. The lowest BCUT2D eigenvalue weighted by Gasteiger charge is -2.18. The highest BCUT2D eigenvalue weighted by molar-refractivity contribution is 8.10. The third kappa shape index (κ3) is 5.53. The predicted molar refractivity (Wildman–Crippen MR) is 133 cm³/mol. The minimum Gasteiger partial charge on any atom is -0.144 e. The van der Waals surface area contributed by atoms with Gasteiger partial charge in [-0.1, -0.05) is 75.0 Å². The van der Waals surface area contributed by atoms with E-state index in [1.807, 2.05) is 23.1 Å². The largest absolute Gasteiger partial charge is 0.144 e. The molecule has 0 fully saturated rings. The third-order valence-corrected chi connectivity index (χ3v) is 8.85. The quantitative estimate of drug-likeness (QED) is 0.343. The van der Waals surface area contributed by atoms with Gasteiger partial charge in [0.2, 0.25) is 0 Å². The molecule has 0 saturated carbocycles. The number of rotatable bonds is 2. The molecule has 140 valence electrons. The summed E-state index contributed by atoms with van der Waals surface area (Å²) in [6.07, 6.45) is 3.29. The standard InChI is InChI=1S/C22H26S3Si2/c1-26(2,3)16-12-22(13-17-27(4,5)6)11-9-20(25-22)21-18(10-15-24-21)19-8-7-14-23-19/h7-10,14-15H,11H2,1-6H3. The Bertz CT molecular complexity index is 927. The van der Waals surface area contributed by atoms with Crippen molar-refractivity contribution in [3.05, 3.63) is 39.9 Å². The first-order valence-electron chi connectivity index (χ1n) is 9.17. The minimum absolute atomic E-state index is 0.271. The molecule has 0 unspecified atom stereocenters. The Morgan fingerprint density at radius 2 is 1.56 bits per heavy atom. The molecule has 0 radical (unpaired) electrons. The van der Waals surface area contributed by atoms with Crippen LogP contribution in [0.3, 0.4) is 0 Å². The number of hydrogen-bond donors (Lipinski definition) is 0. The van der Waals surface area contributed by atoms with Gasteiger partial charge in [-0.25, -0.2) is 0 Å². The Hall–Kier alpha value is -0.956. The van der Waals surface area contributed by atoms with Crippen molar-refractivity contribution < 1.29 is 0 Å². The van der Waals surface area contributed by atoms with Crippen molar-refractivity contribution in [2.75, 3.05) is 0 Å². The molecule has 1 aliphatic heterocycles. The summed E-state index contributed by atoms with van der Waals surface area (Å²) in [6.45, 7) is 13.8. The molecule has 0 aromatic carbocycles. The molecule has 0 bridgehead atoms. The molecule has 27 heavy (non-hydrogen) atoms. The van der Waals surface area contributed by atoms with E-state index in [-0.39, 0.29) is 4.75 Å². The van der Waals surface area contributed by atoms with Crippen LogP contribution < -0.4 is 0 Å². The second-order valence-electron chi connectivity index (χ2n) is 8.84. The van der Waals surface area contributed by atoms with Gasteiger partial charge < -0.3 is 0 Å². The first-order chi connectivity index (χ1) is 12.6. The molecule has 3 heterocycles. The lowest BCUT2D eigenvalue weighted by atomic mass is 10.1. The van der Waals surface area contributed by atoms with E-state index in [1.165, 1.54) is 20.2 Å². The molecule has 0 N–H and O–H groups in total. The molecule has 2 aromatic heterocycles. The first kappa shape index (κ1) is 20.8. The van der Waals surface area contributed by atoms with Gasteiger partial charge in [0, 0.05) is 26.6 Å². The molecule has 1 aliphatic rings. The fourth-order valence-electron chi connectivity index (χ4n) is 2.53. The maximum absolute atomic E-state index is 3.63. The molecule has 0 amide bonds. The van der Waals surface area contributed by atoms with Crippen LogP contribution in [0, 0.1) is 22.9 Å². The summed E-state index contributed by atoms with van der Waals surface area (Å²) in [5.74, 6) is 7.26. The van der Waals surface area contributed by atoms with Gasteiger partial charge in [-0.2, -0.15) is 0 Å². The van der Waals surface area contributed by atoms with E-state index in [9.17, 15) is 0 Å². The maximum Gasteiger partial charge on any atom is 0.143 e. The number of hydrogen-bond acceptors (Lipinski definition) is 3. The summed E-state index contributed by atoms with van der Waals surface area (Å²) in [5.41, 5.74) is 8.55. The SMILES string of the molecule is C[Si](C)(C)C#CC1(C#C[Si](C)(C)C)CC=C(c2sccc2-c2cccs2)S1. The summed E-state index contributed by atoms with van der Waals surface area (Å²) < 4.78 is -0.271. The van der Waals surface area contributed by atoms with E-state index >= 15 is 0 Å². The van der Waals surface area contributed by atoms with Crippen LogP contribution in [-0.2, 0) is 0 Å². The number of allylic oxidation sites excluding steroid dienone is 1. The van der Waals surface area contributed by atoms with E-state index < -0.39 is 16.1 Å². The van der Waals surface area contributed by atoms with Crippen molar-refractivity contribution in [1.29, 1.82) is 0 Å². The second kappa shape index (κ2) is 7.81. The Labute approximate surface area is 178 Å². The first-order valence-corrected chi connectivity index (χ1v) is 18.7. The van der Waals surface area contributed by atoms with Crippen molar-refractivity contribution in [2.24, 2.45) is 0 Å². The summed E-state index contributed by atoms with van der Waals surface area (Å²) in [7, 11) is -2.88. The molecule has 0 atom stereocenters. The Balaban J connectivity index is 1.96. The van der Waals surface area contributed by atoms with Crippen LogP contribution in [-0.4, -0.2) is 20.9 Å². The zero-order valence-electron chi connectivity index (χ0n) is 16.9.